The average Bonchev–Trinajstić information content (AvgIpc) is 2.55. The van der Waals surface area contributed by atoms with Crippen molar-refractivity contribution in [1.29, 1.82) is 0 Å². The second-order valence-corrected chi connectivity index (χ2v) is 6.31. The predicted octanol–water partition coefficient (Wildman–Crippen LogP) is 3.41. The van der Waals surface area contributed by atoms with Gasteiger partial charge in [0.25, 0.3) is 0 Å². The number of rotatable bonds is 5. The molecule has 1 aromatic heterocycles. The highest BCUT2D eigenvalue weighted by molar-refractivity contribution is 9.09. The lowest BCUT2D eigenvalue weighted by Crippen LogP contribution is -2.20. The van der Waals surface area contributed by atoms with E-state index in [2.05, 4.69) is 34.9 Å². The first-order chi connectivity index (χ1) is 8.31. The fourth-order valence-corrected chi connectivity index (χ4v) is 3.32. The Labute approximate surface area is 116 Å². The minimum Gasteiger partial charge on any atom is -0.265 e. The summed E-state index contributed by atoms with van der Waals surface area (Å²) in [6.07, 6.45) is 0.575. The maximum Gasteiger partial charge on any atom is 0.313 e. The topological polar surface area (TPSA) is 61.0 Å². The van der Waals surface area contributed by atoms with E-state index in [-0.39, 0.29) is 21.4 Å². The van der Waals surface area contributed by atoms with E-state index < -0.39 is 0 Å². The fraction of sp³-hybridized carbons (Fsp3) is 0.750. The highest BCUT2D eigenvalue weighted by Crippen LogP contribution is 2.38. The summed E-state index contributed by atoms with van der Waals surface area (Å²) >= 11 is 3.56. The van der Waals surface area contributed by atoms with Crippen molar-refractivity contribution in [3.8, 4) is 0 Å². The van der Waals surface area contributed by atoms with Crippen molar-refractivity contribution in [3.63, 3.8) is 0 Å². The van der Waals surface area contributed by atoms with Crippen LogP contribution in [-0.4, -0.2) is 19.5 Å². The van der Waals surface area contributed by atoms with Gasteiger partial charge in [-0.05, 0) is 12.3 Å². The Balaban J connectivity index is 3.46. The Hall–Kier alpha value is -0.910. The Bertz CT molecular complexity index is 433. The van der Waals surface area contributed by atoms with Crippen LogP contribution in [0.15, 0.2) is 0 Å². The molecule has 0 aliphatic heterocycles. The lowest BCUT2D eigenvalue weighted by Gasteiger charge is -2.23. The Kier molecular flexibility index (Phi) is 4.90. The number of nitrogens with zero attached hydrogens (tertiary/aromatic N) is 3. The Morgan fingerprint density at radius 3 is 2.33 bits per heavy atom. The van der Waals surface area contributed by atoms with E-state index in [4.69, 9.17) is 0 Å². The largest absolute Gasteiger partial charge is 0.313 e. The lowest BCUT2D eigenvalue weighted by atomic mass is 9.88. The summed E-state index contributed by atoms with van der Waals surface area (Å²) in [6.45, 7) is 8.06. The molecule has 0 fully saturated rings. The van der Waals surface area contributed by atoms with Crippen LogP contribution in [-0.2, 0) is 13.5 Å². The summed E-state index contributed by atoms with van der Waals surface area (Å²) in [5, 5.41) is 15.6. The summed E-state index contributed by atoms with van der Waals surface area (Å²) in [4.78, 5) is 11.2. The molecule has 6 heteroatoms. The molecule has 0 N–H and O–H groups in total. The zero-order valence-corrected chi connectivity index (χ0v) is 13.1. The van der Waals surface area contributed by atoms with Gasteiger partial charge in [-0.25, -0.2) is 0 Å². The summed E-state index contributed by atoms with van der Waals surface area (Å²) < 4.78 is 1.67. The number of alkyl halides is 1. The number of nitro groups is 1. The second-order valence-electron chi connectivity index (χ2n) is 4.86. The van der Waals surface area contributed by atoms with Crippen LogP contribution in [0.2, 0.25) is 0 Å². The van der Waals surface area contributed by atoms with E-state index in [0.29, 0.717) is 18.0 Å². The molecule has 0 aromatic carbocycles. The SMILES string of the molecule is CCc1nn(C)c(C(C(C)C)C(C)Br)c1[N+](=O)[O-]. The number of hydrogen-bond donors (Lipinski definition) is 0. The summed E-state index contributed by atoms with van der Waals surface area (Å²) in [6, 6.07) is 0. The van der Waals surface area contributed by atoms with Crippen LogP contribution in [0.25, 0.3) is 0 Å². The van der Waals surface area contributed by atoms with E-state index in [9.17, 15) is 10.1 Å². The van der Waals surface area contributed by atoms with Crippen LogP contribution in [0.5, 0.6) is 0 Å². The van der Waals surface area contributed by atoms with Gasteiger partial charge >= 0.3 is 5.69 Å². The van der Waals surface area contributed by atoms with E-state index in [1.807, 2.05) is 13.8 Å². The van der Waals surface area contributed by atoms with Crippen LogP contribution in [0.3, 0.4) is 0 Å². The molecule has 0 aliphatic rings. The summed E-state index contributed by atoms with van der Waals surface area (Å²) in [5.74, 6) is 0.376. The van der Waals surface area contributed by atoms with Gasteiger partial charge in [-0.3, -0.25) is 14.8 Å². The molecule has 1 aromatic rings. The minimum atomic E-state index is -0.300. The van der Waals surface area contributed by atoms with Gasteiger partial charge in [-0.1, -0.05) is 43.6 Å². The van der Waals surface area contributed by atoms with Crippen molar-refractivity contribution in [3.05, 3.63) is 21.5 Å². The molecule has 0 spiro atoms. The van der Waals surface area contributed by atoms with Crippen LogP contribution in [0.4, 0.5) is 5.69 Å². The Morgan fingerprint density at radius 2 is 2.00 bits per heavy atom. The number of aromatic nitrogens is 2. The lowest BCUT2D eigenvalue weighted by molar-refractivity contribution is -0.386. The molecule has 18 heavy (non-hydrogen) atoms. The fourth-order valence-electron chi connectivity index (χ4n) is 2.46. The third kappa shape index (κ3) is 2.74. The molecule has 102 valence electrons. The third-order valence-electron chi connectivity index (χ3n) is 3.18. The van der Waals surface area contributed by atoms with Crippen molar-refractivity contribution in [1.82, 2.24) is 9.78 Å². The van der Waals surface area contributed by atoms with Crippen LogP contribution in [0, 0.1) is 16.0 Å². The second kappa shape index (κ2) is 5.82. The first kappa shape index (κ1) is 15.1. The molecule has 0 amide bonds. The highest BCUT2D eigenvalue weighted by Gasteiger charge is 2.34. The van der Waals surface area contributed by atoms with E-state index >= 15 is 0 Å². The monoisotopic (exact) mass is 317 g/mol. The molecule has 1 rings (SSSR count). The molecular formula is C12H20BrN3O2. The molecule has 0 saturated carbocycles. The van der Waals surface area contributed by atoms with Gasteiger partial charge in [-0.15, -0.1) is 0 Å². The van der Waals surface area contributed by atoms with E-state index in [1.165, 1.54) is 0 Å². The molecule has 1 heterocycles. The normalized spacial score (nSPS) is 14.8. The van der Waals surface area contributed by atoms with Gasteiger partial charge in [0.2, 0.25) is 0 Å². The smallest absolute Gasteiger partial charge is 0.265 e. The first-order valence-corrected chi connectivity index (χ1v) is 7.07. The maximum absolute atomic E-state index is 11.3. The van der Waals surface area contributed by atoms with Crippen LogP contribution < -0.4 is 0 Å². The van der Waals surface area contributed by atoms with E-state index in [0.717, 1.165) is 5.69 Å². The maximum atomic E-state index is 11.3. The van der Waals surface area contributed by atoms with Gasteiger partial charge in [0.1, 0.15) is 11.4 Å². The molecule has 2 unspecified atom stereocenters. The predicted molar refractivity (Wildman–Crippen MR) is 75.2 cm³/mol. The minimum absolute atomic E-state index is 0.0724. The third-order valence-corrected chi connectivity index (χ3v) is 3.75. The molecular weight excluding hydrogens is 298 g/mol. The number of halogens is 1. The van der Waals surface area contributed by atoms with Gasteiger partial charge in [0, 0.05) is 17.8 Å². The van der Waals surface area contributed by atoms with Crippen molar-refractivity contribution in [2.75, 3.05) is 0 Å². The van der Waals surface area contributed by atoms with Gasteiger partial charge in [0.15, 0.2) is 0 Å². The summed E-state index contributed by atoms with van der Waals surface area (Å²) in [5.41, 5.74) is 1.47. The Morgan fingerprint density at radius 1 is 1.44 bits per heavy atom. The number of hydrogen-bond acceptors (Lipinski definition) is 3. The molecule has 2 atom stereocenters. The van der Waals surface area contributed by atoms with E-state index in [1.54, 1.807) is 11.7 Å². The van der Waals surface area contributed by atoms with Crippen molar-refractivity contribution in [2.24, 2.45) is 13.0 Å². The van der Waals surface area contributed by atoms with Crippen LogP contribution >= 0.6 is 15.9 Å². The summed E-state index contributed by atoms with van der Waals surface area (Å²) in [7, 11) is 1.78. The van der Waals surface area contributed by atoms with Crippen molar-refractivity contribution in [2.45, 2.75) is 44.9 Å². The van der Waals surface area contributed by atoms with Crippen molar-refractivity contribution >= 4 is 21.6 Å². The quantitative estimate of drug-likeness (QED) is 0.475. The van der Waals surface area contributed by atoms with Crippen LogP contribution in [0.1, 0.15) is 45.0 Å². The first-order valence-electron chi connectivity index (χ1n) is 6.15. The molecule has 0 bridgehead atoms. The zero-order chi connectivity index (χ0) is 14.0. The molecule has 5 nitrogen and oxygen atoms in total. The van der Waals surface area contributed by atoms with Gasteiger partial charge in [-0.2, -0.15) is 5.10 Å². The molecule has 0 aliphatic carbocycles. The van der Waals surface area contributed by atoms with Gasteiger partial charge in [0.05, 0.1) is 4.92 Å². The molecule has 0 radical (unpaired) electrons. The number of aryl methyl sites for hydroxylation is 2. The average molecular weight is 318 g/mol. The highest BCUT2D eigenvalue weighted by atomic mass is 79.9. The zero-order valence-electron chi connectivity index (χ0n) is 11.5. The molecule has 0 saturated heterocycles. The van der Waals surface area contributed by atoms with Gasteiger partial charge < -0.3 is 0 Å². The standard InChI is InChI=1S/C12H20BrN3O2/c1-6-9-11(16(17)18)12(15(5)14-9)10(7(2)3)8(4)13/h7-8,10H,6H2,1-5H3. The van der Waals surface area contributed by atoms with Crippen molar-refractivity contribution < 1.29 is 4.92 Å².